The minimum Gasteiger partial charge on any atom is -0.507 e. The molecule has 2 N–H and O–H groups in total. The van der Waals surface area contributed by atoms with Crippen molar-refractivity contribution in [3.05, 3.63) is 28.8 Å². The summed E-state index contributed by atoms with van der Waals surface area (Å²) in [5, 5.41) is 13.2. The lowest BCUT2D eigenvalue weighted by Gasteiger charge is -2.28. The Morgan fingerprint density at radius 3 is 2.32 bits per heavy atom. The van der Waals surface area contributed by atoms with E-state index in [4.69, 9.17) is 4.74 Å². The first-order valence-electron chi connectivity index (χ1n) is 8.11. The molecule has 2 aliphatic heterocycles. The Kier molecular flexibility index (Phi) is 3.87. The molecule has 0 radical (unpaired) electrons. The van der Waals surface area contributed by atoms with E-state index in [1.165, 1.54) is 14.2 Å². The van der Waals surface area contributed by atoms with Crippen molar-refractivity contribution in [1.82, 2.24) is 10.2 Å². The Morgan fingerprint density at radius 2 is 1.80 bits per heavy atom. The van der Waals surface area contributed by atoms with E-state index in [1.54, 1.807) is 32.9 Å². The number of phenolic OH excluding ortho intramolecular Hbond substituents is 1. The fraction of sp³-hybridized carbons (Fsp3) is 0.500. The molecule has 0 unspecified atom stereocenters. The quantitative estimate of drug-likeness (QED) is 0.608. The van der Waals surface area contributed by atoms with Crippen molar-refractivity contribution in [3.8, 4) is 5.75 Å². The topological polar surface area (TPSA) is 95.9 Å². The fourth-order valence-corrected chi connectivity index (χ4v) is 4.14. The smallest absolute Gasteiger partial charge is 0.326 e. The molecule has 0 aromatic heterocycles. The lowest BCUT2D eigenvalue weighted by molar-refractivity contribution is -0.152. The molecular formula is C18H22N2O5. The summed E-state index contributed by atoms with van der Waals surface area (Å²) in [7, 11) is 2.70. The van der Waals surface area contributed by atoms with Gasteiger partial charge >= 0.3 is 5.97 Å². The van der Waals surface area contributed by atoms with Crippen LogP contribution in [-0.2, 0) is 19.1 Å². The number of hydrogen-bond donors (Lipinski definition) is 2. The lowest BCUT2D eigenvalue weighted by atomic mass is 9.80. The molecule has 3 rings (SSSR count). The Balaban J connectivity index is 2.14. The van der Waals surface area contributed by atoms with E-state index in [9.17, 15) is 19.5 Å². The second-order valence-electron chi connectivity index (χ2n) is 7.06. The van der Waals surface area contributed by atoms with E-state index in [-0.39, 0.29) is 17.6 Å². The van der Waals surface area contributed by atoms with Gasteiger partial charge in [0, 0.05) is 13.1 Å². The number of imide groups is 1. The highest BCUT2D eigenvalue weighted by atomic mass is 16.5. The van der Waals surface area contributed by atoms with Gasteiger partial charge in [0.25, 0.3) is 0 Å². The van der Waals surface area contributed by atoms with Gasteiger partial charge in [-0.05, 0) is 37.5 Å². The van der Waals surface area contributed by atoms with Crippen molar-refractivity contribution in [1.29, 1.82) is 0 Å². The van der Waals surface area contributed by atoms with Crippen LogP contribution in [0.3, 0.4) is 0 Å². The van der Waals surface area contributed by atoms with Gasteiger partial charge in [-0.2, -0.15) is 0 Å². The van der Waals surface area contributed by atoms with E-state index in [1.807, 2.05) is 0 Å². The van der Waals surface area contributed by atoms with Gasteiger partial charge in [-0.25, -0.2) is 0 Å². The van der Waals surface area contributed by atoms with Crippen LogP contribution in [0.2, 0.25) is 0 Å². The van der Waals surface area contributed by atoms with Crippen molar-refractivity contribution >= 4 is 17.8 Å². The van der Waals surface area contributed by atoms with Crippen molar-refractivity contribution in [2.45, 2.75) is 32.4 Å². The maximum Gasteiger partial charge on any atom is 0.326 e. The SMILES string of the molecule is COC(=O)[C@]1(C)N[C@H](c2cc(C)c(O)c(C)c2)[C@@H]2C(=O)N(C)C(=O)[C@@H]21. The minimum atomic E-state index is -1.29. The van der Waals surface area contributed by atoms with Crippen molar-refractivity contribution < 1.29 is 24.2 Å². The molecule has 0 aliphatic carbocycles. The Hall–Kier alpha value is -2.41. The van der Waals surface area contributed by atoms with E-state index in [0.717, 1.165) is 10.5 Å². The van der Waals surface area contributed by atoms with Crippen LogP contribution in [0.4, 0.5) is 0 Å². The number of amides is 2. The Labute approximate surface area is 146 Å². The predicted octanol–water partition coefficient (Wildman–Crippen LogP) is 0.816. The van der Waals surface area contributed by atoms with E-state index >= 15 is 0 Å². The van der Waals surface area contributed by atoms with Crippen LogP contribution in [0.5, 0.6) is 5.75 Å². The highest BCUT2D eigenvalue weighted by molar-refractivity contribution is 6.09. The molecule has 2 amide bonds. The van der Waals surface area contributed by atoms with Gasteiger partial charge in [0.1, 0.15) is 11.3 Å². The molecule has 0 spiro atoms. The number of methoxy groups -OCH3 is 1. The molecule has 4 atom stereocenters. The van der Waals surface area contributed by atoms with Gasteiger partial charge in [0.2, 0.25) is 11.8 Å². The number of rotatable bonds is 2. The zero-order valence-corrected chi connectivity index (χ0v) is 14.9. The highest BCUT2D eigenvalue weighted by Crippen LogP contribution is 2.49. The number of aromatic hydroxyl groups is 1. The summed E-state index contributed by atoms with van der Waals surface area (Å²) in [6.07, 6.45) is 0. The average molecular weight is 346 g/mol. The normalized spacial score (nSPS) is 31.4. The van der Waals surface area contributed by atoms with Crippen molar-refractivity contribution in [3.63, 3.8) is 0 Å². The second kappa shape index (κ2) is 5.56. The molecule has 2 saturated heterocycles. The van der Waals surface area contributed by atoms with Crippen LogP contribution in [0.1, 0.15) is 29.7 Å². The standard InChI is InChI=1S/C18H22N2O5/c1-8-6-10(7-9(2)14(8)21)13-11-12(16(23)20(4)15(11)22)18(3,19-13)17(24)25-5/h6-7,11-13,19,21H,1-5H3/t11-,12-,13-,18-/m1/s1. The average Bonchev–Trinajstić information content (AvgIpc) is 3.01. The maximum absolute atomic E-state index is 12.7. The van der Waals surface area contributed by atoms with Crippen LogP contribution in [0, 0.1) is 25.7 Å². The van der Waals surface area contributed by atoms with Crippen LogP contribution in [0.25, 0.3) is 0 Å². The first-order valence-corrected chi connectivity index (χ1v) is 8.11. The molecule has 1 aromatic rings. The number of carbonyl (C=O) groups excluding carboxylic acids is 3. The number of aryl methyl sites for hydroxylation is 2. The van der Waals surface area contributed by atoms with E-state index in [0.29, 0.717) is 11.1 Å². The third-order valence-corrected chi connectivity index (χ3v) is 5.49. The number of likely N-dealkylation sites (tertiary alicyclic amines) is 1. The number of carbonyl (C=O) groups is 3. The first-order chi connectivity index (χ1) is 11.6. The summed E-state index contributed by atoms with van der Waals surface area (Å²) in [5.41, 5.74) is 0.809. The van der Waals surface area contributed by atoms with Crippen molar-refractivity contribution in [2.75, 3.05) is 14.2 Å². The van der Waals surface area contributed by atoms with E-state index < -0.39 is 29.4 Å². The highest BCUT2D eigenvalue weighted by Gasteiger charge is 2.66. The summed E-state index contributed by atoms with van der Waals surface area (Å²) in [4.78, 5) is 38.8. The number of nitrogens with one attached hydrogen (secondary N) is 1. The molecule has 2 aliphatic rings. The van der Waals surface area contributed by atoms with Gasteiger partial charge < -0.3 is 9.84 Å². The summed E-state index contributed by atoms with van der Waals surface area (Å²) >= 11 is 0. The number of ether oxygens (including phenoxy) is 1. The summed E-state index contributed by atoms with van der Waals surface area (Å²) in [5.74, 6) is -2.59. The number of hydrogen-bond acceptors (Lipinski definition) is 6. The zero-order chi connectivity index (χ0) is 18.7. The second-order valence-corrected chi connectivity index (χ2v) is 7.06. The summed E-state index contributed by atoms with van der Waals surface area (Å²) < 4.78 is 4.89. The van der Waals surface area contributed by atoms with Crippen LogP contribution < -0.4 is 5.32 Å². The fourth-order valence-electron chi connectivity index (χ4n) is 4.14. The van der Waals surface area contributed by atoms with Gasteiger partial charge in [-0.15, -0.1) is 0 Å². The number of nitrogens with zero attached hydrogens (tertiary/aromatic N) is 1. The van der Waals surface area contributed by atoms with Crippen LogP contribution >= 0.6 is 0 Å². The number of esters is 1. The molecule has 1 aromatic carbocycles. The summed E-state index contributed by atoms with van der Waals surface area (Å²) in [6.45, 7) is 5.14. The molecule has 0 saturated carbocycles. The number of fused-ring (bicyclic) bond motifs is 1. The summed E-state index contributed by atoms with van der Waals surface area (Å²) in [6, 6.07) is 3.03. The molecule has 2 heterocycles. The van der Waals surface area contributed by atoms with Crippen LogP contribution in [0.15, 0.2) is 12.1 Å². The molecule has 7 heteroatoms. The Morgan fingerprint density at radius 1 is 1.24 bits per heavy atom. The lowest BCUT2D eigenvalue weighted by Crippen LogP contribution is -2.53. The minimum absolute atomic E-state index is 0.194. The molecule has 7 nitrogen and oxygen atoms in total. The zero-order valence-electron chi connectivity index (χ0n) is 14.9. The molecule has 134 valence electrons. The molecule has 25 heavy (non-hydrogen) atoms. The molecular weight excluding hydrogens is 324 g/mol. The third-order valence-electron chi connectivity index (χ3n) is 5.49. The van der Waals surface area contributed by atoms with Gasteiger partial charge in [0.05, 0.1) is 18.9 Å². The van der Waals surface area contributed by atoms with Gasteiger partial charge in [-0.1, -0.05) is 12.1 Å². The van der Waals surface area contributed by atoms with E-state index in [2.05, 4.69) is 5.32 Å². The van der Waals surface area contributed by atoms with Gasteiger partial charge in [-0.3, -0.25) is 24.6 Å². The first kappa shape index (κ1) is 17.4. The Bertz CT molecular complexity index is 767. The molecule has 0 bridgehead atoms. The molecule has 2 fully saturated rings. The number of phenols is 1. The largest absolute Gasteiger partial charge is 0.507 e. The predicted molar refractivity (Wildman–Crippen MR) is 88.6 cm³/mol. The third kappa shape index (κ3) is 2.26. The van der Waals surface area contributed by atoms with Crippen LogP contribution in [-0.4, -0.2) is 47.5 Å². The van der Waals surface area contributed by atoms with Gasteiger partial charge in [0.15, 0.2) is 0 Å². The number of benzene rings is 1. The van der Waals surface area contributed by atoms with Crippen molar-refractivity contribution in [2.24, 2.45) is 11.8 Å². The maximum atomic E-state index is 12.7. The monoisotopic (exact) mass is 346 g/mol.